The molecule has 0 bridgehead atoms. The van der Waals surface area contributed by atoms with Gasteiger partial charge in [-0.2, -0.15) is 0 Å². The molecule has 2 fully saturated rings. The number of hydrogen-bond donors (Lipinski definition) is 2. The Morgan fingerprint density at radius 2 is 1.75 bits per heavy atom. The zero-order valence-electron chi connectivity index (χ0n) is 36.1. The van der Waals surface area contributed by atoms with E-state index in [-0.39, 0.29) is 40.0 Å². The molecule has 8 rings (SSSR count). The molecule has 5 aromatic rings. The van der Waals surface area contributed by atoms with Gasteiger partial charge in [0.2, 0.25) is 5.91 Å². The molecule has 2 saturated heterocycles. The Morgan fingerprint density at radius 1 is 1.00 bits per heavy atom. The molecule has 2 aliphatic heterocycles. The first-order valence-electron chi connectivity index (χ1n) is 21.5. The minimum atomic E-state index is -4.60. The minimum absolute atomic E-state index is 0.0704. The summed E-state index contributed by atoms with van der Waals surface area (Å²) in [5.74, 6) is -0.618. The number of benzene rings is 3. The number of nitrogens with one attached hydrogen (secondary N) is 2. The van der Waals surface area contributed by atoms with Crippen LogP contribution in [0.15, 0.2) is 95.7 Å². The number of aromatic nitrogens is 2. The Hall–Kier alpha value is -5.81. The van der Waals surface area contributed by atoms with E-state index in [9.17, 15) is 28.1 Å². The third-order valence-electron chi connectivity index (χ3n) is 12.4. The monoisotopic (exact) mass is 909 g/mol. The van der Waals surface area contributed by atoms with Crippen molar-refractivity contribution in [1.29, 1.82) is 0 Å². The zero-order valence-corrected chi connectivity index (χ0v) is 37.7. The van der Waals surface area contributed by atoms with Crippen molar-refractivity contribution in [1.82, 2.24) is 19.2 Å². The highest BCUT2D eigenvalue weighted by Crippen LogP contribution is 2.43. The normalized spacial score (nSPS) is 17.3. The first-order valence-corrected chi connectivity index (χ1v) is 23.4. The van der Waals surface area contributed by atoms with Crippen molar-refractivity contribution >= 4 is 67.1 Å². The van der Waals surface area contributed by atoms with E-state index in [1.807, 2.05) is 12.1 Å². The average molecular weight is 910 g/mol. The van der Waals surface area contributed by atoms with Gasteiger partial charge in [-0.15, -0.1) is 0 Å². The second kappa shape index (κ2) is 18.7. The molecule has 15 nitrogen and oxygen atoms in total. The van der Waals surface area contributed by atoms with Gasteiger partial charge in [-0.25, -0.2) is 18.1 Å². The first-order chi connectivity index (χ1) is 30.6. The van der Waals surface area contributed by atoms with Crippen LogP contribution in [0.2, 0.25) is 5.02 Å². The van der Waals surface area contributed by atoms with Gasteiger partial charge in [0, 0.05) is 93.8 Å². The average Bonchev–Trinajstić information content (AvgIpc) is 3.71. The van der Waals surface area contributed by atoms with Gasteiger partial charge in [-0.05, 0) is 103 Å². The molecule has 64 heavy (non-hydrogen) atoms. The number of ether oxygens (including phenoxy) is 2. The van der Waals surface area contributed by atoms with E-state index in [0.29, 0.717) is 43.9 Å². The number of piperazine rings is 1. The van der Waals surface area contributed by atoms with Crippen LogP contribution in [-0.4, -0.2) is 92.1 Å². The van der Waals surface area contributed by atoms with E-state index in [4.69, 9.17) is 21.1 Å². The highest BCUT2D eigenvalue weighted by atomic mass is 35.5. The Bertz CT molecular complexity index is 2720. The molecule has 336 valence electrons. The first kappa shape index (κ1) is 44.8. The molecule has 2 aromatic heterocycles. The van der Waals surface area contributed by atoms with Crippen LogP contribution in [0.3, 0.4) is 0 Å². The lowest BCUT2D eigenvalue weighted by Crippen LogP contribution is -2.47. The number of nitro groups is 1. The van der Waals surface area contributed by atoms with Crippen molar-refractivity contribution in [2.75, 3.05) is 62.7 Å². The van der Waals surface area contributed by atoms with E-state index < -0.39 is 31.4 Å². The van der Waals surface area contributed by atoms with Crippen LogP contribution in [0.4, 0.5) is 17.1 Å². The standard InChI is InChI=1S/C47H52ClN7O8S/c1-31(56)54-17-13-34-24-38(29-50-45(34)54)63-44-25-37(53-20-18-52(19-21-53)30-35-12-16-47(2,3)27-41(35)33-4-6-36(48)7-5-33)8-10-40(44)46(57)51-64(60,61)39-9-11-42(43(26-39)55(58)59)49-28-32-14-22-62-23-15-32/h4-11,13,17,24-26,29,32,49H,12,14-16,18-23,27-28,30H2,1-3H3,(H,51,57). The van der Waals surface area contributed by atoms with Crippen LogP contribution in [-0.2, 0) is 14.8 Å². The van der Waals surface area contributed by atoms with Crippen LogP contribution < -0.4 is 19.7 Å². The van der Waals surface area contributed by atoms with Crippen LogP contribution in [0.5, 0.6) is 11.5 Å². The van der Waals surface area contributed by atoms with Gasteiger partial charge in [-0.3, -0.25) is 29.2 Å². The number of nitrogens with zero attached hydrogens (tertiary/aromatic N) is 5. The topological polar surface area (TPSA) is 178 Å². The molecule has 0 unspecified atom stereocenters. The van der Waals surface area contributed by atoms with E-state index in [0.717, 1.165) is 68.5 Å². The summed E-state index contributed by atoms with van der Waals surface area (Å²) in [6, 6.07) is 20.0. The summed E-state index contributed by atoms with van der Waals surface area (Å²) in [7, 11) is -4.60. The molecule has 0 atom stereocenters. The van der Waals surface area contributed by atoms with Crippen molar-refractivity contribution in [3.8, 4) is 11.5 Å². The van der Waals surface area contributed by atoms with Crippen molar-refractivity contribution in [2.24, 2.45) is 11.3 Å². The lowest BCUT2D eigenvalue weighted by atomic mass is 9.72. The number of halogens is 1. The van der Waals surface area contributed by atoms with Gasteiger partial charge >= 0.3 is 0 Å². The Balaban J connectivity index is 1.02. The van der Waals surface area contributed by atoms with Gasteiger partial charge in [-0.1, -0.05) is 43.2 Å². The maximum atomic E-state index is 14.0. The van der Waals surface area contributed by atoms with Crippen molar-refractivity contribution in [2.45, 2.75) is 57.8 Å². The summed E-state index contributed by atoms with van der Waals surface area (Å²) in [6.45, 7) is 11.6. The van der Waals surface area contributed by atoms with Crippen LogP contribution in [0.1, 0.15) is 73.6 Å². The van der Waals surface area contributed by atoms with Crippen LogP contribution >= 0.6 is 11.6 Å². The van der Waals surface area contributed by atoms with Crippen molar-refractivity contribution in [3.63, 3.8) is 0 Å². The summed E-state index contributed by atoms with van der Waals surface area (Å²) in [5.41, 5.74) is 5.13. The molecular formula is C47H52ClN7O8S. The van der Waals surface area contributed by atoms with Gasteiger partial charge in [0.05, 0.1) is 21.6 Å². The number of anilines is 2. The lowest BCUT2D eigenvalue weighted by molar-refractivity contribution is -0.384. The summed E-state index contributed by atoms with van der Waals surface area (Å²) in [6.07, 6.45) is 7.81. The van der Waals surface area contributed by atoms with Crippen molar-refractivity contribution < 1.29 is 32.4 Å². The summed E-state index contributed by atoms with van der Waals surface area (Å²) in [5, 5.41) is 16.5. The minimum Gasteiger partial charge on any atom is -0.455 e. The fourth-order valence-corrected chi connectivity index (χ4v) is 9.85. The predicted octanol–water partition coefficient (Wildman–Crippen LogP) is 8.79. The Labute approximate surface area is 377 Å². The Kier molecular flexibility index (Phi) is 13.1. The fourth-order valence-electron chi connectivity index (χ4n) is 8.74. The molecule has 0 radical (unpaired) electrons. The molecule has 3 aliphatic rings. The third kappa shape index (κ3) is 10.3. The number of hydrogen-bond acceptors (Lipinski definition) is 12. The van der Waals surface area contributed by atoms with Gasteiger partial charge in [0.1, 0.15) is 22.8 Å². The Morgan fingerprint density at radius 3 is 2.47 bits per heavy atom. The maximum Gasteiger partial charge on any atom is 0.293 e. The van der Waals surface area contributed by atoms with E-state index >= 15 is 0 Å². The second-order valence-corrected chi connectivity index (χ2v) is 19.7. The third-order valence-corrected chi connectivity index (χ3v) is 14.0. The number of nitro benzene ring substituents is 1. The van der Waals surface area contributed by atoms with E-state index in [1.165, 1.54) is 52.6 Å². The van der Waals surface area contributed by atoms with Gasteiger partial charge < -0.3 is 19.7 Å². The van der Waals surface area contributed by atoms with E-state index in [1.54, 1.807) is 30.5 Å². The number of allylic oxidation sites excluding steroid dienone is 1. The van der Waals surface area contributed by atoms with Crippen LogP contribution in [0.25, 0.3) is 16.6 Å². The smallest absolute Gasteiger partial charge is 0.293 e. The molecule has 0 saturated carbocycles. The number of pyridine rings is 1. The molecule has 1 amide bonds. The summed E-state index contributed by atoms with van der Waals surface area (Å²) in [4.78, 5) is 46.3. The maximum absolute atomic E-state index is 14.0. The van der Waals surface area contributed by atoms with Gasteiger partial charge in [0.25, 0.3) is 21.6 Å². The number of fused-ring (bicyclic) bond motifs is 1. The number of carbonyl (C=O) groups excluding carboxylic acids is 2. The fraction of sp³-hybridized carbons (Fsp3) is 0.383. The molecule has 3 aromatic carbocycles. The molecule has 4 heterocycles. The lowest BCUT2D eigenvalue weighted by Gasteiger charge is -2.39. The molecule has 2 N–H and O–H groups in total. The predicted molar refractivity (Wildman–Crippen MR) is 247 cm³/mol. The molecule has 0 spiro atoms. The second-order valence-electron chi connectivity index (χ2n) is 17.6. The molecule has 17 heteroatoms. The summed E-state index contributed by atoms with van der Waals surface area (Å²) < 4.78 is 42.7. The quantitative estimate of drug-likeness (QED) is 0.0849. The van der Waals surface area contributed by atoms with E-state index in [2.05, 4.69) is 50.8 Å². The SMILES string of the molecule is CC(=O)n1ccc2cc(Oc3cc(N4CCN(CC5=C(c6ccc(Cl)cc6)CC(C)(C)CC5)CC4)ccc3C(=O)NS(=O)(=O)c3ccc(NCC4CCOCC4)c([N+](=O)[O-])c3)cnc21. The largest absolute Gasteiger partial charge is 0.455 e. The molecular weight excluding hydrogens is 858 g/mol. The summed E-state index contributed by atoms with van der Waals surface area (Å²) >= 11 is 6.24. The van der Waals surface area contributed by atoms with Crippen molar-refractivity contribution in [3.05, 3.63) is 117 Å². The highest BCUT2D eigenvalue weighted by molar-refractivity contribution is 7.90. The number of rotatable bonds is 13. The number of sulfonamides is 1. The zero-order chi connectivity index (χ0) is 45.2. The number of amides is 1. The van der Waals surface area contributed by atoms with Crippen LogP contribution in [0, 0.1) is 21.4 Å². The highest BCUT2D eigenvalue weighted by Gasteiger charge is 2.31. The van der Waals surface area contributed by atoms with Gasteiger partial charge in [0.15, 0.2) is 0 Å². The molecule has 1 aliphatic carbocycles. The number of carbonyl (C=O) groups is 2.